The zero-order chi connectivity index (χ0) is 12.3. The average molecular weight is 232 g/mol. The second-order valence-corrected chi connectivity index (χ2v) is 3.76. The number of aromatic nitrogens is 3. The van der Waals surface area contributed by atoms with Crippen LogP contribution in [-0.4, -0.2) is 28.9 Å². The summed E-state index contributed by atoms with van der Waals surface area (Å²) in [5.41, 5.74) is 1.03. The minimum Gasteiger partial charge on any atom is -0.497 e. The summed E-state index contributed by atoms with van der Waals surface area (Å²) in [7, 11) is 5.51. The Morgan fingerprint density at radius 2 is 1.94 bits per heavy atom. The highest BCUT2D eigenvalue weighted by atomic mass is 16.5. The van der Waals surface area contributed by atoms with Crippen LogP contribution in [0, 0.1) is 0 Å². The molecule has 17 heavy (non-hydrogen) atoms. The highest BCUT2D eigenvalue weighted by Crippen LogP contribution is 2.20. The van der Waals surface area contributed by atoms with E-state index < -0.39 is 0 Å². The second kappa shape index (κ2) is 4.97. The third-order valence-electron chi connectivity index (χ3n) is 2.65. The van der Waals surface area contributed by atoms with Gasteiger partial charge in [-0.25, -0.2) is 0 Å². The quantitative estimate of drug-likeness (QED) is 0.861. The number of hydrogen-bond acceptors (Lipinski definition) is 4. The highest BCUT2D eigenvalue weighted by molar-refractivity contribution is 5.56. The fraction of sp³-hybridized carbons (Fsp3) is 0.333. The fourth-order valence-electron chi connectivity index (χ4n) is 1.67. The molecular weight excluding hydrogens is 216 g/mol. The van der Waals surface area contributed by atoms with Crippen molar-refractivity contribution in [3.05, 3.63) is 30.1 Å². The van der Waals surface area contributed by atoms with Crippen LogP contribution in [0.1, 0.15) is 5.82 Å². The van der Waals surface area contributed by atoms with Gasteiger partial charge in [0.05, 0.1) is 13.7 Å². The normalized spacial score (nSPS) is 10.5. The zero-order valence-corrected chi connectivity index (χ0v) is 10.3. The molecule has 0 saturated carbocycles. The Hall–Kier alpha value is -1.88. The molecule has 0 atom stereocenters. The molecule has 2 rings (SSSR count). The maximum absolute atomic E-state index is 5.13. The molecule has 1 aromatic carbocycles. The fourth-order valence-corrected chi connectivity index (χ4v) is 1.67. The van der Waals surface area contributed by atoms with E-state index in [0.29, 0.717) is 6.54 Å². The van der Waals surface area contributed by atoms with Gasteiger partial charge in [-0.05, 0) is 31.3 Å². The topological polar surface area (TPSA) is 52.0 Å². The van der Waals surface area contributed by atoms with Gasteiger partial charge in [-0.15, -0.1) is 10.2 Å². The van der Waals surface area contributed by atoms with Gasteiger partial charge in [0.25, 0.3) is 0 Å². The number of nitrogens with one attached hydrogen (secondary N) is 1. The third-order valence-corrected chi connectivity index (χ3v) is 2.65. The van der Waals surface area contributed by atoms with E-state index in [-0.39, 0.29) is 0 Å². The molecule has 1 N–H and O–H groups in total. The predicted molar refractivity (Wildman–Crippen MR) is 65.8 cm³/mol. The summed E-state index contributed by atoms with van der Waals surface area (Å²) in [6.07, 6.45) is 0. The van der Waals surface area contributed by atoms with Crippen LogP contribution in [0.15, 0.2) is 24.3 Å². The van der Waals surface area contributed by atoms with Crippen LogP contribution in [0.3, 0.4) is 0 Å². The molecule has 0 aliphatic rings. The lowest BCUT2D eigenvalue weighted by Crippen LogP contribution is -2.10. The first-order chi connectivity index (χ1) is 8.26. The summed E-state index contributed by atoms with van der Waals surface area (Å²) >= 11 is 0. The summed E-state index contributed by atoms with van der Waals surface area (Å²) in [6, 6.07) is 7.79. The smallest absolute Gasteiger partial charge is 0.163 e. The van der Waals surface area contributed by atoms with Crippen molar-refractivity contribution in [3.8, 4) is 17.1 Å². The van der Waals surface area contributed by atoms with Crippen molar-refractivity contribution in [1.82, 2.24) is 20.1 Å². The summed E-state index contributed by atoms with van der Waals surface area (Å²) in [4.78, 5) is 0. The van der Waals surface area contributed by atoms with Gasteiger partial charge >= 0.3 is 0 Å². The van der Waals surface area contributed by atoms with Crippen molar-refractivity contribution < 1.29 is 4.74 Å². The molecule has 0 amide bonds. The van der Waals surface area contributed by atoms with Gasteiger partial charge in [0.15, 0.2) is 5.82 Å². The lowest BCUT2D eigenvalue weighted by atomic mass is 10.2. The van der Waals surface area contributed by atoms with E-state index in [9.17, 15) is 0 Å². The van der Waals surface area contributed by atoms with E-state index >= 15 is 0 Å². The Balaban J connectivity index is 2.32. The molecule has 0 spiro atoms. The van der Waals surface area contributed by atoms with Crippen LogP contribution in [0.5, 0.6) is 5.75 Å². The molecule has 0 unspecified atom stereocenters. The molecule has 90 valence electrons. The molecule has 2 aromatic rings. The monoisotopic (exact) mass is 232 g/mol. The first-order valence-electron chi connectivity index (χ1n) is 5.43. The van der Waals surface area contributed by atoms with Gasteiger partial charge in [-0.1, -0.05) is 0 Å². The minimum atomic E-state index is 0.708. The lowest BCUT2D eigenvalue weighted by Gasteiger charge is -2.04. The Bertz CT molecular complexity index is 490. The van der Waals surface area contributed by atoms with Crippen molar-refractivity contribution in [2.75, 3.05) is 14.2 Å². The minimum absolute atomic E-state index is 0.708. The van der Waals surface area contributed by atoms with Crippen molar-refractivity contribution in [2.24, 2.45) is 7.05 Å². The molecule has 0 saturated heterocycles. The maximum Gasteiger partial charge on any atom is 0.163 e. The van der Waals surface area contributed by atoms with E-state index in [1.165, 1.54) is 0 Å². The second-order valence-electron chi connectivity index (χ2n) is 3.76. The molecular formula is C12H16N4O. The highest BCUT2D eigenvalue weighted by Gasteiger charge is 2.09. The zero-order valence-electron chi connectivity index (χ0n) is 10.3. The number of ether oxygens (including phenoxy) is 1. The van der Waals surface area contributed by atoms with E-state index in [4.69, 9.17) is 4.74 Å². The van der Waals surface area contributed by atoms with Crippen molar-refractivity contribution in [3.63, 3.8) is 0 Å². The standard InChI is InChI=1S/C12H16N4O/c1-13-8-11-14-15-12(16(11)2)9-4-6-10(17-3)7-5-9/h4-7,13H,8H2,1-3H3. The van der Waals surface area contributed by atoms with Crippen LogP contribution in [0.2, 0.25) is 0 Å². The lowest BCUT2D eigenvalue weighted by molar-refractivity contribution is 0.415. The molecule has 1 aromatic heterocycles. The van der Waals surface area contributed by atoms with Gasteiger partial charge in [-0.2, -0.15) is 0 Å². The van der Waals surface area contributed by atoms with E-state index in [2.05, 4.69) is 15.5 Å². The number of rotatable bonds is 4. The van der Waals surface area contributed by atoms with Gasteiger partial charge < -0.3 is 14.6 Å². The number of benzene rings is 1. The summed E-state index contributed by atoms with van der Waals surface area (Å²) in [6.45, 7) is 0.708. The number of nitrogens with zero attached hydrogens (tertiary/aromatic N) is 3. The SMILES string of the molecule is CNCc1nnc(-c2ccc(OC)cc2)n1C. The Morgan fingerprint density at radius 1 is 1.24 bits per heavy atom. The summed E-state index contributed by atoms with van der Waals surface area (Å²) in [5.74, 6) is 2.61. The van der Waals surface area contributed by atoms with Crippen molar-refractivity contribution >= 4 is 0 Å². The molecule has 0 aliphatic carbocycles. The summed E-state index contributed by atoms with van der Waals surface area (Å²) < 4.78 is 7.11. The molecule has 0 aliphatic heterocycles. The van der Waals surface area contributed by atoms with Crippen molar-refractivity contribution in [1.29, 1.82) is 0 Å². The molecule has 0 radical (unpaired) electrons. The third kappa shape index (κ3) is 2.29. The predicted octanol–water partition coefficient (Wildman–Crippen LogP) is 1.21. The first-order valence-corrected chi connectivity index (χ1v) is 5.43. The van der Waals surface area contributed by atoms with Gasteiger partial charge in [0.2, 0.25) is 0 Å². The molecule has 1 heterocycles. The van der Waals surface area contributed by atoms with Crippen LogP contribution >= 0.6 is 0 Å². The molecule has 5 nitrogen and oxygen atoms in total. The van der Waals surface area contributed by atoms with Crippen LogP contribution < -0.4 is 10.1 Å². The van der Waals surface area contributed by atoms with E-state index in [0.717, 1.165) is 23.0 Å². The van der Waals surface area contributed by atoms with Crippen LogP contribution in [0.25, 0.3) is 11.4 Å². The Kier molecular flexibility index (Phi) is 3.39. The number of hydrogen-bond donors (Lipinski definition) is 1. The van der Waals surface area contributed by atoms with E-state index in [1.807, 2.05) is 42.9 Å². The molecule has 0 bridgehead atoms. The van der Waals surface area contributed by atoms with E-state index in [1.54, 1.807) is 7.11 Å². The average Bonchev–Trinajstić information content (AvgIpc) is 2.72. The summed E-state index contributed by atoms with van der Waals surface area (Å²) in [5, 5.41) is 11.4. The van der Waals surface area contributed by atoms with Gasteiger partial charge in [0.1, 0.15) is 11.6 Å². The largest absolute Gasteiger partial charge is 0.497 e. The van der Waals surface area contributed by atoms with Gasteiger partial charge in [-0.3, -0.25) is 0 Å². The van der Waals surface area contributed by atoms with Crippen molar-refractivity contribution in [2.45, 2.75) is 6.54 Å². The van der Waals surface area contributed by atoms with Gasteiger partial charge in [0, 0.05) is 12.6 Å². The Labute approximate surface area is 100 Å². The Morgan fingerprint density at radius 3 is 2.53 bits per heavy atom. The molecule has 5 heteroatoms. The maximum atomic E-state index is 5.13. The van der Waals surface area contributed by atoms with Crippen LogP contribution in [0.4, 0.5) is 0 Å². The molecule has 0 fully saturated rings. The number of methoxy groups -OCH3 is 1. The first kappa shape index (κ1) is 11.6. The van der Waals surface area contributed by atoms with Crippen LogP contribution in [-0.2, 0) is 13.6 Å².